The van der Waals surface area contributed by atoms with Gasteiger partial charge in [0.05, 0.1) is 0 Å². The number of piperidine rings is 2. The van der Waals surface area contributed by atoms with Gasteiger partial charge in [-0.25, -0.2) is 0 Å². The second-order valence-corrected chi connectivity index (χ2v) is 8.88. The highest BCUT2D eigenvalue weighted by molar-refractivity contribution is 14.0. The first kappa shape index (κ1) is 25.2. The molecule has 0 aliphatic carbocycles. The van der Waals surface area contributed by atoms with E-state index >= 15 is 0 Å². The van der Waals surface area contributed by atoms with E-state index in [9.17, 15) is 0 Å². The quantitative estimate of drug-likeness (QED) is 0.312. The fourth-order valence-corrected chi connectivity index (χ4v) is 4.35. The number of nitrogens with one attached hydrogen (secondary N) is 2. The molecule has 0 atom stereocenters. The van der Waals surface area contributed by atoms with Crippen molar-refractivity contribution in [1.29, 1.82) is 0 Å². The Balaban J connectivity index is 0.00000320. The largest absolute Gasteiger partial charge is 0.372 e. The molecule has 30 heavy (non-hydrogen) atoms. The first-order valence-electron chi connectivity index (χ1n) is 11.7. The van der Waals surface area contributed by atoms with Gasteiger partial charge in [-0.2, -0.15) is 0 Å². The maximum Gasteiger partial charge on any atom is 0.191 e. The summed E-state index contributed by atoms with van der Waals surface area (Å²) in [4.78, 5) is 9.55. The number of hydrogen-bond donors (Lipinski definition) is 2. The molecule has 0 bridgehead atoms. The zero-order valence-corrected chi connectivity index (χ0v) is 21.5. The van der Waals surface area contributed by atoms with Gasteiger partial charge < -0.3 is 20.4 Å². The van der Waals surface area contributed by atoms with Gasteiger partial charge in [0.1, 0.15) is 0 Å². The van der Waals surface area contributed by atoms with Crippen molar-refractivity contribution in [2.75, 3.05) is 44.7 Å². The van der Waals surface area contributed by atoms with Crippen molar-refractivity contribution < 1.29 is 0 Å². The summed E-state index contributed by atoms with van der Waals surface area (Å²) in [6, 6.07) is 9.58. The zero-order valence-electron chi connectivity index (χ0n) is 19.2. The van der Waals surface area contributed by atoms with E-state index in [0.29, 0.717) is 6.04 Å². The minimum atomic E-state index is 0. The third kappa shape index (κ3) is 7.91. The molecule has 0 unspecified atom stereocenters. The molecule has 6 heteroatoms. The molecule has 0 saturated carbocycles. The van der Waals surface area contributed by atoms with E-state index in [-0.39, 0.29) is 24.0 Å². The molecule has 0 radical (unpaired) electrons. The van der Waals surface area contributed by atoms with Gasteiger partial charge in [0.15, 0.2) is 5.96 Å². The molecule has 2 aliphatic heterocycles. The van der Waals surface area contributed by atoms with E-state index in [2.05, 4.69) is 63.5 Å². The summed E-state index contributed by atoms with van der Waals surface area (Å²) in [6.07, 6.45) is 7.62. The van der Waals surface area contributed by atoms with Crippen LogP contribution in [0, 0.1) is 5.92 Å². The summed E-state index contributed by atoms with van der Waals surface area (Å²) in [5.74, 6) is 1.80. The fraction of sp³-hybridized carbons (Fsp3) is 0.708. The number of anilines is 1. The molecule has 2 saturated heterocycles. The minimum absolute atomic E-state index is 0. The standard InChI is InChI=1S/C24H41N5.HI/c1-4-5-14-28-15-12-22(13-16-28)27-24(25-3)26-19-21-6-8-23(9-7-21)29-17-10-20(2)11-18-29;/h6-9,20,22H,4-5,10-19H2,1-3H3,(H2,25,26,27);1H. The fourth-order valence-electron chi connectivity index (χ4n) is 4.35. The average molecular weight is 528 g/mol. The number of hydrogen-bond acceptors (Lipinski definition) is 3. The van der Waals surface area contributed by atoms with Gasteiger partial charge in [-0.3, -0.25) is 4.99 Å². The summed E-state index contributed by atoms with van der Waals surface area (Å²) in [5.41, 5.74) is 2.66. The Hall–Kier alpha value is -1.02. The lowest BCUT2D eigenvalue weighted by atomic mass is 9.99. The summed E-state index contributed by atoms with van der Waals surface area (Å²) in [5, 5.41) is 7.12. The summed E-state index contributed by atoms with van der Waals surface area (Å²) >= 11 is 0. The molecular weight excluding hydrogens is 485 g/mol. The van der Waals surface area contributed by atoms with Crippen molar-refractivity contribution in [3.05, 3.63) is 29.8 Å². The number of benzene rings is 1. The van der Waals surface area contributed by atoms with Gasteiger partial charge in [-0.15, -0.1) is 24.0 Å². The Bertz CT molecular complexity index is 617. The highest BCUT2D eigenvalue weighted by atomic mass is 127. The average Bonchev–Trinajstić information content (AvgIpc) is 2.77. The topological polar surface area (TPSA) is 42.9 Å². The molecule has 2 fully saturated rings. The van der Waals surface area contributed by atoms with E-state index in [0.717, 1.165) is 18.4 Å². The lowest BCUT2D eigenvalue weighted by Gasteiger charge is -2.33. The second kappa shape index (κ2) is 13.4. The van der Waals surface area contributed by atoms with Gasteiger partial charge in [0, 0.05) is 51.5 Å². The number of unbranched alkanes of at least 4 members (excludes halogenated alkanes) is 1. The summed E-state index contributed by atoms with van der Waals surface area (Å²) in [7, 11) is 1.87. The third-order valence-corrected chi connectivity index (χ3v) is 6.53. The maximum atomic E-state index is 4.44. The van der Waals surface area contributed by atoms with Gasteiger partial charge in [0.25, 0.3) is 0 Å². The van der Waals surface area contributed by atoms with Crippen LogP contribution in [0.2, 0.25) is 0 Å². The molecule has 170 valence electrons. The molecule has 0 spiro atoms. The van der Waals surface area contributed by atoms with Gasteiger partial charge in [-0.1, -0.05) is 32.4 Å². The van der Waals surface area contributed by atoms with Crippen LogP contribution in [0.4, 0.5) is 5.69 Å². The van der Waals surface area contributed by atoms with Crippen LogP contribution in [0.5, 0.6) is 0 Å². The van der Waals surface area contributed by atoms with Crippen molar-refractivity contribution in [3.63, 3.8) is 0 Å². The normalized spacial score (nSPS) is 19.4. The van der Waals surface area contributed by atoms with E-state index in [4.69, 9.17) is 0 Å². The van der Waals surface area contributed by atoms with E-state index in [1.807, 2.05) is 7.05 Å². The molecule has 3 rings (SSSR count). The molecule has 5 nitrogen and oxygen atoms in total. The van der Waals surface area contributed by atoms with Crippen LogP contribution in [-0.2, 0) is 6.54 Å². The van der Waals surface area contributed by atoms with Crippen LogP contribution >= 0.6 is 24.0 Å². The Morgan fingerprint density at radius 3 is 2.30 bits per heavy atom. The lowest BCUT2D eigenvalue weighted by molar-refractivity contribution is 0.203. The molecular formula is C24H42IN5. The number of likely N-dealkylation sites (tertiary alicyclic amines) is 1. The first-order valence-corrected chi connectivity index (χ1v) is 11.7. The number of rotatable bonds is 7. The molecule has 2 aliphatic rings. The lowest BCUT2D eigenvalue weighted by Crippen LogP contribution is -2.48. The maximum absolute atomic E-state index is 4.44. The number of aliphatic imine (C=N–C) groups is 1. The van der Waals surface area contributed by atoms with Crippen LogP contribution in [0.25, 0.3) is 0 Å². The van der Waals surface area contributed by atoms with Crippen LogP contribution in [0.15, 0.2) is 29.3 Å². The number of guanidine groups is 1. The van der Waals surface area contributed by atoms with Crippen molar-refractivity contribution >= 4 is 35.6 Å². The molecule has 1 aromatic carbocycles. The Morgan fingerprint density at radius 2 is 1.70 bits per heavy atom. The Labute approximate surface area is 201 Å². The van der Waals surface area contributed by atoms with E-state index in [1.165, 1.54) is 82.5 Å². The van der Waals surface area contributed by atoms with Crippen molar-refractivity contribution in [2.24, 2.45) is 10.9 Å². The van der Waals surface area contributed by atoms with Crippen LogP contribution in [0.1, 0.15) is 57.9 Å². The molecule has 2 N–H and O–H groups in total. The third-order valence-electron chi connectivity index (χ3n) is 6.53. The second-order valence-electron chi connectivity index (χ2n) is 8.88. The summed E-state index contributed by atoms with van der Waals surface area (Å²) < 4.78 is 0. The smallest absolute Gasteiger partial charge is 0.191 e. The Kier molecular flexibility index (Phi) is 11.3. The number of nitrogens with zero attached hydrogens (tertiary/aromatic N) is 3. The highest BCUT2D eigenvalue weighted by Crippen LogP contribution is 2.23. The van der Waals surface area contributed by atoms with E-state index in [1.54, 1.807) is 0 Å². The highest BCUT2D eigenvalue weighted by Gasteiger charge is 2.19. The van der Waals surface area contributed by atoms with Crippen LogP contribution in [-0.4, -0.2) is 56.7 Å². The predicted octanol–water partition coefficient (Wildman–Crippen LogP) is 4.47. The van der Waals surface area contributed by atoms with Crippen molar-refractivity contribution in [1.82, 2.24) is 15.5 Å². The predicted molar refractivity (Wildman–Crippen MR) is 140 cm³/mol. The van der Waals surface area contributed by atoms with Crippen LogP contribution < -0.4 is 15.5 Å². The monoisotopic (exact) mass is 527 g/mol. The van der Waals surface area contributed by atoms with E-state index < -0.39 is 0 Å². The van der Waals surface area contributed by atoms with Crippen molar-refractivity contribution in [3.8, 4) is 0 Å². The van der Waals surface area contributed by atoms with Gasteiger partial charge in [0.2, 0.25) is 0 Å². The Morgan fingerprint density at radius 1 is 1.03 bits per heavy atom. The zero-order chi connectivity index (χ0) is 20.5. The van der Waals surface area contributed by atoms with Crippen LogP contribution in [0.3, 0.4) is 0 Å². The molecule has 2 heterocycles. The summed E-state index contributed by atoms with van der Waals surface area (Å²) in [6.45, 7) is 11.5. The minimum Gasteiger partial charge on any atom is -0.372 e. The van der Waals surface area contributed by atoms with Gasteiger partial charge in [-0.05, 0) is 62.3 Å². The first-order chi connectivity index (χ1) is 14.2. The number of halogens is 1. The molecule has 0 aromatic heterocycles. The van der Waals surface area contributed by atoms with Gasteiger partial charge >= 0.3 is 0 Å². The molecule has 1 aromatic rings. The SMILES string of the molecule is CCCCN1CCC(NC(=NC)NCc2ccc(N3CCC(C)CC3)cc2)CC1.I. The molecule has 0 amide bonds. The van der Waals surface area contributed by atoms with Crippen molar-refractivity contribution in [2.45, 2.75) is 65.0 Å².